The first-order chi connectivity index (χ1) is 26.8. The van der Waals surface area contributed by atoms with Crippen LogP contribution in [0.5, 0.6) is 5.75 Å². The minimum atomic E-state index is -0.603. The Hall–Kier alpha value is -3.97. The summed E-state index contributed by atoms with van der Waals surface area (Å²) in [6.45, 7) is 11.4. The lowest BCUT2D eigenvalue weighted by molar-refractivity contribution is -0.154. The van der Waals surface area contributed by atoms with Gasteiger partial charge < -0.3 is 40.7 Å². The molecular weight excluding hydrogens is 711 g/mol. The van der Waals surface area contributed by atoms with Gasteiger partial charge in [-0.1, -0.05) is 84.3 Å². The molecule has 13 nitrogen and oxygen atoms in total. The summed E-state index contributed by atoms with van der Waals surface area (Å²) >= 11 is 0. The first-order valence-corrected chi connectivity index (χ1v) is 21.1. The summed E-state index contributed by atoms with van der Waals surface area (Å²) in [5.74, 6) is 0.542. The molecule has 56 heavy (non-hydrogen) atoms. The van der Waals surface area contributed by atoms with Gasteiger partial charge in [-0.3, -0.25) is 14.4 Å². The summed E-state index contributed by atoms with van der Waals surface area (Å²) in [4.78, 5) is 45.2. The summed E-state index contributed by atoms with van der Waals surface area (Å²) < 4.78 is 6.34. The number of benzene rings is 1. The van der Waals surface area contributed by atoms with Crippen molar-refractivity contribution in [3.63, 3.8) is 0 Å². The highest BCUT2D eigenvalue weighted by atomic mass is 16.5. The monoisotopic (exact) mass is 778 g/mol. The number of piperidine rings is 1. The predicted octanol–water partition coefficient (Wildman–Crippen LogP) is 5.82. The van der Waals surface area contributed by atoms with Gasteiger partial charge in [0, 0.05) is 57.2 Å². The number of phenols is 1. The summed E-state index contributed by atoms with van der Waals surface area (Å²) in [6.07, 6.45) is 13.4. The molecule has 3 amide bonds. The molecule has 3 fully saturated rings. The minimum Gasteiger partial charge on any atom is -0.507 e. The number of aromatic hydroxyl groups is 1. The third-order valence-electron chi connectivity index (χ3n) is 11.9. The highest BCUT2D eigenvalue weighted by Crippen LogP contribution is 2.36. The Morgan fingerprint density at radius 3 is 2.18 bits per heavy atom. The average molecular weight is 778 g/mol. The number of rotatable bonds is 17. The number of phenolic OH excluding ortho intramolecular Hbond substituents is 1. The number of aliphatic hydroxyl groups is 1. The number of carbonyl (C=O) groups excluding carboxylic acids is 3. The molecule has 310 valence electrons. The molecule has 2 aromatic rings. The topological polar surface area (TPSA) is 174 Å². The standard InChI is InChI=1S/C43H67N7O6/c1-31-27-32(51)29-50(31)41(55)39(42(2,3)4)45-37(53)19-13-11-9-7-5-6-8-10-12-14-20-38(54)49-25-26-56-43(30-49)21-23-48(24-22-43)35-28-34(46-47-40(35)44)33-17-15-16-18-36(33)52/h15-18,28,31-32,39,51-52H,5-14,19-27,29-30H2,1-4H3,(H2,44,47)(H,45,53)/t31-,32-,39-/m1/s1. The van der Waals surface area contributed by atoms with E-state index in [4.69, 9.17) is 10.5 Å². The van der Waals surface area contributed by atoms with Crippen LogP contribution in [0.4, 0.5) is 11.5 Å². The molecule has 3 aliphatic rings. The Labute approximate surface area is 333 Å². The van der Waals surface area contributed by atoms with Gasteiger partial charge in [0.25, 0.3) is 0 Å². The Morgan fingerprint density at radius 1 is 0.946 bits per heavy atom. The number of nitrogens with one attached hydrogen (secondary N) is 1. The number of aliphatic hydroxyl groups excluding tert-OH is 1. The van der Waals surface area contributed by atoms with Gasteiger partial charge in [-0.05, 0) is 62.6 Å². The van der Waals surface area contributed by atoms with Crippen molar-refractivity contribution in [1.29, 1.82) is 0 Å². The van der Waals surface area contributed by atoms with Gasteiger partial charge >= 0.3 is 0 Å². The fourth-order valence-corrected chi connectivity index (χ4v) is 8.47. The molecule has 1 aromatic heterocycles. The first-order valence-electron chi connectivity index (χ1n) is 21.1. The van der Waals surface area contributed by atoms with Crippen LogP contribution in [0, 0.1) is 5.41 Å². The van der Waals surface area contributed by atoms with E-state index in [1.165, 1.54) is 19.3 Å². The highest BCUT2D eigenvalue weighted by molar-refractivity contribution is 5.88. The maximum absolute atomic E-state index is 13.3. The number of hydrogen-bond donors (Lipinski definition) is 4. The van der Waals surface area contributed by atoms with Crippen LogP contribution in [-0.4, -0.2) is 111 Å². The van der Waals surface area contributed by atoms with Crippen LogP contribution in [0.1, 0.15) is 124 Å². The molecule has 0 saturated carbocycles. The number of anilines is 2. The first kappa shape index (κ1) is 43.2. The number of nitrogen functional groups attached to an aromatic ring is 1. The zero-order valence-corrected chi connectivity index (χ0v) is 34.3. The van der Waals surface area contributed by atoms with Crippen molar-refractivity contribution in [2.75, 3.05) is 50.0 Å². The molecule has 3 atom stereocenters. The second-order valence-corrected chi connectivity index (χ2v) is 17.5. The van der Waals surface area contributed by atoms with Gasteiger partial charge in [0.05, 0.1) is 29.7 Å². The molecule has 4 heterocycles. The Bertz CT molecular complexity index is 1610. The molecule has 13 heteroatoms. The fraction of sp³-hybridized carbons (Fsp3) is 0.698. The van der Waals surface area contributed by atoms with Crippen molar-refractivity contribution < 1.29 is 29.3 Å². The normalized spacial score (nSPS) is 20.3. The van der Waals surface area contributed by atoms with E-state index in [1.54, 1.807) is 17.0 Å². The molecular formula is C43H67N7O6. The summed E-state index contributed by atoms with van der Waals surface area (Å²) in [7, 11) is 0. The third kappa shape index (κ3) is 11.8. The van der Waals surface area contributed by atoms with E-state index in [0.29, 0.717) is 62.6 Å². The second kappa shape index (κ2) is 19.9. The average Bonchev–Trinajstić information content (AvgIpc) is 3.51. The van der Waals surface area contributed by atoms with Crippen molar-refractivity contribution in [2.24, 2.45) is 5.41 Å². The molecule has 0 unspecified atom stereocenters. The maximum atomic E-state index is 13.3. The minimum absolute atomic E-state index is 0.0257. The number of nitrogens with two attached hydrogens (primary N) is 1. The molecule has 1 aromatic carbocycles. The third-order valence-corrected chi connectivity index (χ3v) is 11.9. The van der Waals surface area contributed by atoms with Crippen molar-refractivity contribution in [3.8, 4) is 17.0 Å². The van der Waals surface area contributed by atoms with Crippen LogP contribution >= 0.6 is 0 Å². The highest BCUT2D eigenvalue weighted by Gasteiger charge is 2.42. The van der Waals surface area contributed by atoms with Crippen molar-refractivity contribution >= 4 is 29.2 Å². The number of amides is 3. The lowest BCUT2D eigenvalue weighted by atomic mass is 9.85. The van der Waals surface area contributed by atoms with Gasteiger partial charge in [-0.15, -0.1) is 10.2 Å². The fourth-order valence-electron chi connectivity index (χ4n) is 8.47. The summed E-state index contributed by atoms with van der Waals surface area (Å²) in [5.41, 5.74) is 7.47. The van der Waals surface area contributed by atoms with Gasteiger partial charge in [0.2, 0.25) is 17.7 Å². The Kier molecular flexibility index (Phi) is 15.4. The number of unbranched alkanes of at least 4 members (excludes halogenated alkanes) is 9. The predicted molar refractivity (Wildman–Crippen MR) is 219 cm³/mol. The summed E-state index contributed by atoms with van der Waals surface area (Å²) in [6, 6.07) is 8.32. The molecule has 3 saturated heterocycles. The van der Waals surface area contributed by atoms with E-state index in [2.05, 4.69) is 20.4 Å². The number of para-hydroxylation sites is 1. The van der Waals surface area contributed by atoms with E-state index in [9.17, 15) is 24.6 Å². The van der Waals surface area contributed by atoms with Crippen LogP contribution in [0.15, 0.2) is 30.3 Å². The quantitative estimate of drug-likeness (QED) is 0.143. The number of morpholine rings is 1. The second-order valence-electron chi connectivity index (χ2n) is 17.5. The van der Waals surface area contributed by atoms with Crippen molar-refractivity contribution in [2.45, 2.75) is 148 Å². The molecule has 5 rings (SSSR count). The van der Waals surface area contributed by atoms with Gasteiger partial charge in [-0.25, -0.2) is 0 Å². The zero-order chi connectivity index (χ0) is 40.3. The molecule has 0 aliphatic carbocycles. The van der Waals surface area contributed by atoms with Crippen LogP contribution in [-0.2, 0) is 19.1 Å². The molecule has 0 bridgehead atoms. The SMILES string of the molecule is C[C@@H]1C[C@@H](O)CN1C(=O)[C@@H](NC(=O)CCCCCCCCCCCCC(=O)N1CCOC2(CCN(c3cc(-c4ccccc4O)nnc3N)CC2)C1)C(C)(C)C. The van der Waals surface area contributed by atoms with E-state index in [1.807, 2.05) is 50.8 Å². The zero-order valence-electron chi connectivity index (χ0n) is 34.3. The molecule has 5 N–H and O–H groups in total. The van der Waals surface area contributed by atoms with Gasteiger partial charge in [-0.2, -0.15) is 0 Å². The lowest BCUT2D eigenvalue weighted by Crippen LogP contribution is -2.58. The van der Waals surface area contributed by atoms with Crippen LogP contribution in [0.2, 0.25) is 0 Å². The van der Waals surface area contributed by atoms with E-state index >= 15 is 0 Å². The van der Waals surface area contributed by atoms with E-state index in [-0.39, 0.29) is 35.1 Å². The number of β-amino-alcohol motifs (C(OH)–C–C–N with tert-alkyl or cyclic N) is 1. The van der Waals surface area contributed by atoms with E-state index < -0.39 is 17.6 Å². The van der Waals surface area contributed by atoms with Crippen molar-refractivity contribution in [1.82, 2.24) is 25.3 Å². The van der Waals surface area contributed by atoms with Crippen LogP contribution in [0.3, 0.4) is 0 Å². The molecule has 3 aliphatic heterocycles. The smallest absolute Gasteiger partial charge is 0.246 e. The largest absolute Gasteiger partial charge is 0.507 e. The number of likely N-dealkylation sites (tertiary alicyclic amines) is 1. The number of carbonyl (C=O) groups is 3. The maximum Gasteiger partial charge on any atom is 0.246 e. The number of ether oxygens (including phenoxy) is 1. The summed E-state index contributed by atoms with van der Waals surface area (Å²) in [5, 5.41) is 31.7. The van der Waals surface area contributed by atoms with Gasteiger partial charge in [0.1, 0.15) is 11.8 Å². The number of hydrogen-bond acceptors (Lipinski definition) is 10. The number of nitrogens with zero attached hydrogens (tertiary/aromatic N) is 5. The Balaban J connectivity index is 0.905. The van der Waals surface area contributed by atoms with Crippen molar-refractivity contribution in [3.05, 3.63) is 30.3 Å². The van der Waals surface area contributed by atoms with Crippen LogP contribution in [0.25, 0.3) is 11.3 Å². The Morgan fingerprint density at radius 2 is 1.57 bits per heavy atom. The number of aromatic nitrogens is 2. The lowest BCUT2D eigenvalue weighted by Gasteiger charge is -2.47. The van der Waals surface area contributed by atoms with E-state index in [0.717, 1.165) is 76.6 Å². The molecule has 1 spiro atoms. The van der Waals surface area contributed by atoms with Gasteiger partial charge in [0.15, 0.2) is 5.82 Å². The molecule has 0 radical (unpaired) electrons. The van der Waals surface area contributed by atoms with Crippen LogP contribution < -0.4 is 16.0 Å².